The number of carbonyl (C=O) groups excluding carboxylic acids is 2. The maximum atomic E-state index is 13.0. The van der Waals surface area contributed by atoms with Gasteiger partial charge in [0.2, 0.25) is 11.8 Å². The van der Waals surface area contributed by atoms with E-state index in [0.29, 0.717) is 22.4 Å². The molecule has 6 N–H and O–H groups in total. The zero-order valence-electron chi connectivity index (χ0n) is 18.4. The number of anilines is 1. The van der Waals surface area contributed by atoms with Crippen molar-refractivity contribution in [1.29, 1.82) is 5.41 Å². The van der Waals surface area contributed by atoms with Crippen LogP contribution < -0.4 is 16.4 Å². The highest BCUT2D eigenvalue weighted by molar-refractivity contribution is 6.11. The molecule has 0 aliphatic heterocycles. The van der Waals surface area contributed by atoms with Gasteiger partial charge >= 0.3 is 0 Å². The second-order valence-corrected chi connectivity index (χ2v) is 7.07. The van der Waals surface area contributed by atoms with Gasteiger partial charge in [-0.3, -0.25) is 29.9 Å². The average Bonchev–Trinajstić information content (AvgIpc) is 2.84. The summed E-state index contributed by atoms with van der Waals surface area (Å²) in [5.41, 5.74) is 7.37. The molecule has 3 aromatic rings. The number of nitrogens with zero attached hydrogens (tertiary/aromatic N) is 1. The summed E-state index contributed by atoms with van der Waals surface area (Å²) >= 11 is 0. The summed E-state index contributed by atoms with van der Waals surface area (Å²) in [7, 11) is 0. The van der Waals surface area contributed by atoms with Crippen molar-refractivity contribution in [2.45, 2.75) is 12.5 Å². The minimum atomic E-state index is -1.14. The lowest BCUT2D eigenvalue weighted by Gasteiger charge is -2.17. The van der Waals surface area contributed by atoms with Gasteiger partial charge in [-0.25, -0.2) is 0 Å². The lowest BCUT2D eigenvalue weighted by molar-refractivity contribution is -0.384. The fourth-order valence-electron chi connectivity index (χ4n) is 3.09. The fourth-order valence-corrected chi connectivity index (χ4v) is 3.09. The van der Waals surface area contributed by atoms with E-state index in [4.69, 9.17) is 21.0 Å². The van der Waals surface area contributed by atoms with Crippen LogP contribution in [0.25, 0.3) is 0 Å². The van der Waals surface area contributed by atoms with Crippen LogP contribution in [0, 0.1) is 15.5 Å². The first-order valence-corrected chi connectivity index (χ1v) is 10.2. The molecule has 0 radical (unpaired) electrons. The maximum absolute atomic E-state index is 13.0. The molecular weight excluding hydrogens is 454 g/mol. The Morgan fingerprint density at radius 2 is 1.66 bits per heavy atom. The molecule has 35 heavy (non-hydrogen) atoms. The van der Waals surface area contributed by atoms with Crippen LogP contribution >= 0.6 is 0 Å². The van der Waals surface area contributed by atoms with E-state index in [2.05, 4.69) is 10.6 Å². The van der Waals surface area contributed by atoms with E-state index < -0.39 is 22.7 Å². The molecule has 0 fully saturated rings. The van der Waals surface area contributed by atoms with E-state index in [9.17, 15) is 19.7 Å². The molecular formula is C24H23N5O6. The first kappa shape index (κ1) is 26.2. The van der Waals surface area contributed by atoms with Gasteiger partial charge in [-0.05, 0) is 35.4 Å². The van der Waals surface area contributed by atoms with Crippen LogP contribution in [0.15, 0.2) is 78.9 Å². The molecule has 11 heteroatoms. The van der Waals surface area contributed by atoms with Crippen molar-refractivity contribution in [2.24, 2.45) is 5.73 Å². The normalized spacial score (nSPS) is 10.6. The van der Waals surface area contributed by atoms with Crippen molar-refractivity contribution in [3.63, 3.8) is 0 Å². The van der Waals surface area contributed by atoms with Crippen LogP contribution in [0.1, 0.15) is 22.6 Å². The van der Waals surface area contributed by atoms with Gasteiger partial charge < -0.3 is 21.5 Å². The van der Waals surface area contributed by atoms with Gasteiger partial charge in [0.15, 0.2) is 0 Å². The van der Waals surface area contributed by atoms with E-state index in [-0.39, 0.29) is 24.5 Å². The zero-order chi connectivity index (χ0) is 25.8. The summed E-state index contributed by atoms with van der Waals surface area (Å²) in [5.74, 6) is -2.31. The van der Waals surface area contributed by atoms with Gasteiger partial charge in [0.1, 0.15) is 11.8 Å². The van der Waals surface area contributed by atoms with Gasteiger partial charge in [0.25, 0.3) is 12.2 Å². The van der Waals surface area contributed by atoms with Crippen LogP contribution in [0.4, 0.5) is 11.4 Å². The second kappa shape index (κ2) is 12.8. The minimum absolute atomic E-state index is 0.0322. The molecule has 1 unspecified atom stereocenters. The SMILES string of the molecule is N=C(N)c1ccc(NC(=O)C(C(=O)NCc2cccc([N+](=O)[O-])c2)c2ccccc2)cc1.O=CO. The second-order valence-electron chi connectivity index (χ2n) is 7.07. The minimum Gasteiger partial charge on any atom is -0.483 e. The predicted octanol–water partition coefficient (Wildman–Crippen LogP) is 2.62. The van der Waals surface area contributed by atoms with Crippen LogP contribution in [0.3, 0.4) is 0 Å². The first-order valence-electron chi connectivity index (χ1n) is 10.2. The highest BCUT2D eigenvalue weighted by Crippen LogP contribution is 2.20. The third-order valence-corrected chi connectivity index (χ3v) is 4.71. The molecule has 2 amide bonds. The number of carboxylic acid groups (broad SMARTS) is 1. The molecule has 0 saturated heterocycles. The van der Waals surface area contributed by atoms with Gasteiger partial charge in [0.05, 0.1) is 4.92 Å². The summed E-state index contributed by atoms with van der Waals surface area (Å²) in [6.07, 6.45) is 0. The van der Waals surface area contributed by atoms with Crippen molar-refractivity contribution in [3.05, 3.63) is 106 Å². The number of nitrogen functional groups attached to an aromatic ring is 1. The summed E-state index contributed by atoms with van der Waals surface area (Å²) in [4.78, 5) is 44.8. The molecule has 3 aromatic carbocycles. The van der Waals surface area contributed by atoms with Gasteiger partial charge in [0, 0.05) is 29.9 Å². The zero-order valence-corrected chi connectivity index (χ0v) is 18.4. The van der Waals surface area contributed by atoms with E-state index in [1.807, 2.05) is 0 Å². The van der Waals surface area contributed by atoms with E-state index in [1.54, 1.807) is 60.7 Å². The Hall–Kier alpha value is -5.06. The van der Waals surface area contributed by atoms with Crippen molar-refractivity contribution in [1.82, 2.24) is 5.32 Å². The predicted molar refractivity (Wildman–Crippen MR) is 129 cm³/mol. The fraction of sp³-hybridized carbons (Fsp3) is 0.0833. The number of carbonyl (C=O) groups is 3. The summed E-state index contributed by atoms with van der Waals surface area (Å²) in [5, 5.41) is 30.7. The molecule has 0 aliphatic carbocycles. The van der Waals surface area contributed by atoms with Gasteiger partial charge in [-0.15, -0.1) is 0 Å². The lowest BCUT2D eigenvalue weighted by atomic mass is 9.97. The standard InChI is InChI=1S/C23H21N5O4.CH2O2/c24-21(25)17-9-11-18(12-10-17)27-23(30)20(16-6-2-1-3-7-16)22(29)26-14-15-5-4-8-19(13-15)28(31)32;2-1-3/h1-13,20H,14H2,(H3,24,25)(H,26,29)(H,27,30);1H,(H,2,3). The highest BCUT2D eigenvalue weighted by atomic mass is 16.6. The van der Waals surface area contributed by atoms with Gasteiger partial charge in [-0.1, -0.05) is 42.5 Å². The molecule has 0 aliphatic rings. The molecule has 180 valence electrons. The quantitative estimate of drug-likeness (QED) is 0.0822. The Bertz CT molecular complexity index is 1200. The maximum Gasteiger partial charge on any atom is 0.290 e. The number of rotatable bonds is 8. The van der Waals surface area contributed by atoms with Crippen molar-refractivity contribution in [3.8, 4) is 0 Å². The molecule has 0 bridgehead atoms. The van der Waals surface area contributed by atoms with Crippen LogP contribution in [0.5, 0.6) is 0 Å². The molecule has 0 aromatic heterocycles. The van der Waals surface area contributed by atoms with E-state index >= 15 is 0 Å². The topological polar surface area (TPSA) is 189 Å². The van der Waals surface area contributed by atoms with Crippen LogP contribution in [-0.2, 0) is 20.9 Å². The van der Waals surface area contributed by atoms with Crippen LogP contribution in [0.2, 0.25) is 0 Å². The lowest BCUT2D eigenvalue weighted by Crippen LogP contribution is -2.36. The van der Waals surface area contributed by atoms with Crippen molar-refractivity contribution >= 4 is 35.5 Å². The summed E-state index contributed by atoms with van der Waals surface area (Å²) in [6, 6.07) is 20.9. The number of nitrogens with two attached hydrogens (primary N) is 1. The Kier molecular flexibility index (Phi) is 9.61. The number of nitro groups is 1. The number of nitro benzene ring substituents is 1. The third-order valence-electron chi connectivity index (χ3n) is 4.71. The number of hydrogen-bond donors (Lipinski definition) is 5. The Balaban J connectivity index is 0.00000137. The number of amidine groups is 1. The Morgan fingerprint density at radius 1 is 1.03 bits per heavy atom. The molecule has 0 saturated carbocycles. The average molecular weight is 477 g/mol. The number of hydrogen-bond acceptors (Lipinski definition) is 6. The van der Waals surface area contributed by atoms with E-state index in [0.717, 1.165) is 0 Å². The summed E-state index contributed by atoms with van der Waals surface area (Å²) < 4.78 is 0. The molecule has 0 heterocycles. The largest absolute Gasteiger partial charge is 0.483 e. The number of nitrogens with one attached hydrogen (secondary N) is 3. The number of non-ortho nitro benzene ring substituents is 1. The highest BCUT2D eigenvalue weighted by Gasteiger charge is 2.28. The monoisotopic (exact) mass is 477 g/mol. The Morgan fingerprint density at radius 3 is 2.23 bits per heavy atom. The van der Waals surface area contributed by atoms with Crippen LogP contribution in [-0.4, -0.2) is 34.2 Å². The Labute approximate surface area is 200 Å². The van der Waals surface area contributed by atoms with E-state index in [1.165, 1.54) is 18.2 Å². The first-order chi connectivity index (χ1) is 16.8. The summed E-state index contributed by atoms with van der Waals surface area (Å²) in [6.45, 7) is -0.218. The smallest absolute Gasteiger partial charge is 0.290 e. The number of benzene rings is 3. The molecule has 11 nitrogen and oxygen atoms in total. The molecule has 1 atom stereocenters. The van der Waals surface area contributed by atoms with Gasteiger partial charge in [-0.2, -0.15) is 0 Å². The molecule has 3 rings (SSSR count). The van der Waals surface area contributed by atoms with Crippen molar-refractivity contribution < 1.29 is 24.4 Å². The third kappa shape index (κ3) is 7.79. The number of amides is 2. The van der Waals surface area contributed by atoms with Crippen molar-refractivity contribution in [2.75, 3.05) is 5.32 Å². The molecule has 0 spiro atoms.